The van der Waals surface area contributed by atoms with Crippen molar-refractivity contribution in [2.45, 2.75) is 6.54 Å². The summed E-state index contributed by atoms with van der Waals surface area (Å²) in [4.78, 5) is 16.5. The Balaban J connectivity index is 1.78. The molecule has 1 aromatic heterocycles. The van der Waals surface area contributed by atoms with Crippen LogP contribution >= 0.6 is 11.6 Å². The maximum atomic E-state index is 13.9. The zero-order valence-electron chi connectivity index (χ0n) is 14.4. The maximum Gasteiger partial charge on any atom is 0.256 e. The molecule has 2 aromatic carbocycles. The largest absolute Gasteiger partial charge is 0.493 e. The number of halogens is 2. The Hall–Kier alpha value is -3.12. The van der Waals surface area contributed by atoms with Crippen molar-refractivity contribution in [3.8, 4) is 17.4 Å². The first-order valence-electron chi connectivity index (χ1n) is 8.07. The lowest BCUT2D eigenvalue weighted by atomic mass is 10.2. The molecule has 7 heteroatoms. The topological polar surface area (TPSA) is 60.5 Å². The second-order valence-corrected chi connectivity index (χ2v) is 5.91. The van der Waals surface area contributed by atoms with Crippen molar-refractivity contribution in [3.05, 3.63) is 82.8 Å². The van der Waals surface area contributed by atoms with E-state index in [1.165, 1.54) is 18.2 Å². The van der Waals surface area contributed by atoms with Crippen LogP contribution in [0, 0.1) is 5.82 Å². The number of carbonyl (C=O) groups excluding carboxylic acids is 1. The molecule has 0 fully saturated rings. The van der Waals surface area contributed by atoms with Crippen LogP contribution in [0.4, 0.5) is 4.39 Å². The first-order chi connectivity index (χ1) is 13.1. The highest BCUT2D eigenvalue weighted by Gasteiger charge is 2.16. The Morgan fingerprint density at radius 3 is 2.63 bits per heavy atom. The highest BCUT2D eigenvalue weighted by atomic mass is 35.5. The van der Waals surface area contributed by atoms with E-state index in [-0.39, 0.29) is 17.1 Å². The highest BCUT2D eigenvalue weighted by Crippen LogP contribution is 2.31. The van der Waals surface area contributed by atoms with Crippen molar-refractivity contribution < 1.29 is 18.7 Å². The summed E-state index contributed by atoms with van der Waals surface area (Å²) in [6.45, 7) is 0.0851. The summed E-state index contributed by atoms with van der Waals surface area (Å²) < 4.78 is 25.0. The Labute approximate surface area is 160 Å². The van der Waals surface area contributed by atoms with Gasteiger partial charge >= 0.3 is 0 Å². The first-order valence-corrected chi connectivity index (χ1v) is 8.45. The average molecular weight is 387 g/mol. The van der Waals surface area contributed by atoms with Crippen LogP contribution in [0.2, 0.25) is 5.02 Å². The first kappa shape index (κ1) is 18.7. The van der Waals surface area contributed by atoms with Gasteiger partial charge in [-0.3, -0.25) is 4.79 Å². The number of ether oxygens (including phenoxy) is 2. The van der Waals surface area contributed by atoms with Crippen molar-refractivity contribution in [1.29, 1.82) is 0 Å². The quantitative estimate of drug-likeness (QED) is 0.672. The number of nitrogens with zero attached hydrogens (tertiary/aromatic N) is 1. The lowest BCUT2D eigenvalue weighted by molar-refractivity contribution is 0.0947. The molecule has 0 aliphatic carbocycles. The average Bonchev–Trinajstić information content (AvgIpc) is 2.67. The van der Waals surface area contributed by atoms with Gasteiger partial charge in [-0.2, -0.15) is 0 Å². The molecule has 0 spiro atoms. The van der Waals surface area contributed by atoms with Gasteiger partial charge in [-0.15, -0.1) is 0 Å². The highest BCUT2D eigenvalue weighted by molar-refractivity contribution is 6.33. The van der Waals surface area contributed by atoms with Gasteiger partial charge in [0.2, 0.25) is 5.88 Å². The van der Waals surface area contributed by atoms with Crippen LogP contribution in [-0.4, -0.2) is 18.0 Å². The number of pyridine rings is 1. The molecule has 0 saturated carbocycles. The number of nitrogens with one attached hydrogen (secondary N) is 1. The number of hydrogen-bond donors (Lipinski definition) is 1. The van der Waals surface area contributed by atoms with Gasteiger partial charge in [0, 0.05) is 18.3 Å². The molecule has 0 unspecified atom stereocenters. The normalized spacial score (nSPS) is 10.3. The number of hydrogen-bond acceptors (Lipinski definition) is 4. The van der Waals surface area contributed by atoms with E-state index >= 15 is 0 Å². The van der Waals surface area contributed by atoms with Crippen LogP contribution < -0.4 is 14.8 Å². The molecule has 1 amide bonds. The van der Waals surface area contributed by atoms with Gasteiger partial charge in [-0.1, -0.05) is 35.9 Å². The van der Waals surface area contributed by atoms with Crippen molar-refractivity contribution >= 4 is 17.5 Å². The van der Waals surface area contributed by atoms with Crippen LogP contribution in [0.15, 0.2) is 60.8 Å². The Kier molecular flexibility index (Phi) is 5.88. The molecule has 1 N–H and O–H groups in total. The molecule has 1 heterocycles. The van der Waals surface area contributed by atoms with Gasteiger partial charge < -0.3 is 14.8 Å². The molecule has 0 aliphatic rings. The Morgan fingerprint density at radius 2 is 1.89 bits per heavy atom. The second kappa shape index (κ2) is 8.51. The third-order valence-corrected chi connectivity index (χ3v) is 4.07. The van der Waals surface area contributed by atoms with Crippen LogP contribution in [0.25, 0.3) is 0 Å². The third kappa shape index (κ3) is 4.35. The van der Waals surface area contributed by atoms with Crippen LogP contribution in [0.1, 0.15) is 15.9 Å². The Bertz CT molecular complexity index is 945. The van der Waals surface area contributed by atoms with Gasteiger partial charge in [0.15, 0.2) is 11.5 Å². The number of rotatable bonds is 6. The van der Waals surface area contributed by atoms with Gasteiger partial charge in [0.25, 0.3) is 5.91 Å². The van der Waals surface area contributed by atoms with Gasteiger partial charge in [-0.25, -0.2) is 9.37 Å². The molecule has 0 atom stereocenters. The van der Waals surface area contributed by atoms with E-state index in [0.29, 0.717) is 22.9 Å². The minimum Gasteiger partial charge on any atom is -0.493 e. The minimum absolute atomic E-state index is 0.0455. The van der Waals surface area contributed by atoms with E-state index in [1.807, 2.05) is 12.1 Å². The molecule has 3 rings (SSSR count). The fourth-order valence-corrected chi connectivity index (χ4v) is 2.69. The molecule has 5 nitrogen and oxygen atoms in total. The standard InChI is InChI=1S/C20H16ClFN2O3/c1-26-16-9-2-3-10-17(16)27-20-13(6-5-11-23-20)12-24-19(25)18-14(21)7-4-8-15(18)22/h2-11H,12H2,1H3,(H,24,25). The van der Waals surface area contributed by atoms with E-state index in [0.717, 1.165) is 0 Å². The molecule has 0 aliphatic heterocycles. The maximum absolute atomic E-state index is 13.9. The number of aromatic nitrogens is 1. The summed E-state index contributed by atoms with van der Waals surface area (Å²) in [5.41, 5.74) is 0.416. The van der Waals surface area contributed by atoms with Gasteiger partial charge in [0.05, 0.1) is 17.7 Å². The Morgan fingerprint density at radius 1 is 1.11 bits per heavy atom. The lowest BCUT2D eigenvalue weighted by Crippen LogP contribution is -2.24. The van der Waals surface area contributed by atoms with Crippen LogP contribution in [0.3, 0.4) is 0 Å². The number of benzene rings is 2. The molecule has 3 aromatic rings. The number of amides is 1. The minimum atomic E-state index is -0.684. The predicted octanol–water partition coefficient (Wildman–Crippen LogP) is 4.61. The monoisotopic (exact) mass is 386 g/mol. The van der Waals surface area contributed by atoms with Gasteiger partial charge in [-0.05, 0) is 30.3 Å². The zero-order valence-corrected chi connectivity index (χ0v) is 15.2. The third-order valence-electron chi connectivity index (χ3n) is 3.75. The van der Waals surface area contributed by atoms with Gasteiger partial charge in [0.1, 0.15) is 5.82 Å². The molecule has 0 bridgehead atoms. The van der Waals surface area contributed by atoms with Crippen molar-refractivity contribution in [2.75, 3.05) is 7.11 Å². The molecule has 0 radical (unpaired) electrons. The summed E-state index contributed by atoms with van der Waals surface area (Å²) in [6.07, 6.45) is 1.57. The van der Waals surface area contributed by atoms with Crippen LogP contribution in [0.5, 0.6) is 17.4 Å². The number of para-hydroxylation sites is 2. The number of carbonyl (C=O) groups is 1. The van der Waals surface area contributed by atoms with E-state index in [4.69, 9.17) is 21.1 Å². The fraction of sp³-hybridized carbons (Fsp3) is 0.100. The zero-order chi connectivity index (χ0) is 19.2. The van der Waals surface area contributed by atoms with E-state index in [1.54, 1.807) is 37.6 Å². The summed E-state index contributed by atoms with van der Waals surface area (Å²) in [5, 5.41) is 2.68. The molecule has 0 saturated heterocycles. The van der Waals surface area contributed by atoms with Crippen molar-refractivity contribution in [3.63, 3.8) is 0 Å². The predicted molar refractivity (Wildman–Crippen MR) is 99.9 cm³/mol. The summed E-state index contributed by atoms with van der Waals surface area (Å²) in [5.74, 6) is 0.0449. The SMILES string of the molecule is COc1ccccc1Oc1ncccc1CNC(=O)c1c(F)cccc1Cl. The summed E-state index contributed by atoms with van der Waals surface area (Å²) in [6, 6.07) is 14.7. The second-order valence-electron chi connectivity index (χ2n) is 5.50. The summed E-state index contributed by atoms with van der Waals surface area (Å²) in [7, 11) is 1.54. The molecular weight excluding hydrogens is 371 g/mol. The molecular formula is C20H16ClFN2O3. The molecule has 138 valence electrons. The van der Waals surface area contributed by atoms with Crippen molar-refractivity contribution in [1.82, 2.24) is 10.3 Å². The lowest BCUT2D eigenvalue weighted by Gasteiger charge is -2.13. The van der Waals surface area contributed by atoms with Crippen LogP contribution in [-0.2, 0) is 6.54 Å². The number of methoxy groups -OCH3 is 1. The van der Waals surface area contributed by atoms with E-state index in [2.05, 4.69) is 10.3 Å². The fourth-order valence-electron chi connectivity index (χ4n) is 2.44. The van der Waals surface area contributed by atoms with Crippen molar-refractivity contribution in [2.24, 2.45) is 0 Å². The van der Waals surface area contributed by atoms with E-state index < -0.39 is 11.7 Å². The van der Waals surface area contributed by atoms with E-state index in [9.17, 15) is 9.18 Å². The molecule has 27 heavy (non-hydrogen) atoms. The smallest absolute Gasteiger partial charge is 0.256 e. The summed E-state index contributed by atoms with van der Waals surface area (Å²) >= 11 is 5.93.